The number of hydrogen-bond donors (Lipinski definition) is 1. The molecule has 0 unspecified atom stereocenters. The van der Waals surface area contributed by atoms with E-state index in [0.29, 0.717) is 0 Å². The van der Waals surface area contributed by atoms with E-state index in [2.05, 4.69) is 25.3 Å². The molecule has 3 aromatic rings. The minimum atomic E-state index is 0.734. The van der Waals surface area contributed by atoms with Gasteiger partial charge in [0.15, 0.2) is 0 Å². The van der Waals surface area contributed by atoms with Crippen LogP contribution in [-0.2, 0) is 0 Å². The van der Waals surface area contributed by atoms with Crippen LogP contribution in [0.5, 0.6) is 0 Å². The van der Waals surface area contributed by atoms with Gasteiger partial charge in [-0.3, -0.25) is 0 Å². The number of anilines is 1. The van der Waals surface area contributed by atoms with Crippen LogP contribution in [0.3, 0.4) is 0 Å². The van der Waals surface area contributed by atoms with Crippen molar-refractivity contribution in [3.05, 3.63) is 42.5 Å². The largest absolute Gasteiger partial charge is 0.373 e. The van der Waals surface area contributed by atoms with Gasteiger partial charge in [-0.25, -0.2) is 19.9 Å². The maximum Gasteiger partial charge on any atom is 0.130 e. The molecule has 6 heteroatoms. The summed E-state index contributed by atoms with van der Waals surface area (Å²) in [7, 11) is 1.84. The maximum atomic E-state index is 4.44. The Morgan fingerprint density at radius 3 is 2.80 bits per heavy atom. The molecule has 0 saturated heterocycles. The summed E-state index contributed by atoms with van der Waals surface area (Å²) < 4.78 is 0. The summed E-state index contributed by atoms with van der Waals surface area (Å²) in [6.07, 6.45) is 1.58. The van der Waals surface area contributed by atoms with Crippen LogP contribution in [0.1, 0.15) is 5.82 Å². The molecule has 0 atom stereocenters. The highest BCUT2D eigenvalue weighted by molar-refractivity contribution is 7.99. The molecule has 0 radical (unpaired) electrons. The van der Waals surface area contributed by atoms with Gasteiger partial charge in [0.05, 0.1) is 5.52 Å². The van der Waals surface area contributed by atoms with Crippen molar-refractivity contribution in [3.8, 4) is 0 Å². The lowest BCUT2D eigenvalue weighted by atomic mass is 10.2. The molecule has 0 fully saturated rings. The maximum absolute atomic E-state index is 4.44. The summed E-state index contributed by atoms with van der Waals surface area (Å²) in [5.74, 6) is 1.54. The lowest BCUT2D eigenvalue weighted by Gasteiger charge is -2.06. The van der Waals surface area contributed by atoms with Crippen molar-refractivity contribution in [2.24, 2.45) is 0 Å². The summed E-state index contributed by atoms with van der Waals surface area (Å²) in [6, 6.07) is 9.86. The summed E-state index contributed by atoms with van der Waals surface area (Å²) in [6.45, 7) is 1.88. The molecule has 0 bridgehead atoms. The number of fused-ring (bicyclic) bond motifs is 1. The fraction of sp³-hybridized carbons (Fsp3) is 0.143. The third kappa shape index (κ3) is 2.55. The molecule has 0 aliphatic rings. The Bertz CT molecular complexity index is 754. The molecule has 1 N–H and O–H groups in total. The first-order valence-electron chi connectivity index (χ1n) is 6.17. The molecule has 2 aromatic heterocycles. The number of rotatable bonds is 3. The highest BCUT2D eigenvalue weighted by Gasteiger charge is 2.08. The zero-order chi connectivity index (χ0) is 13.9. The number of nitrogens with zero attached hydrogens (tertiary/aromatic N) is 4. The van der Waals surface area contributed by atoms with Crippen molar-refractivity contribution >= 4 is 28.5 Å². The Balaban J connectivity index is 2.03. The minimum Gasteiger partial charge on any atom is -0.373 e. The van der Waals surface area contributed by atoms with Gasteiger partial charge >= 0.3 is 0 Å². The lowest BCUT2D eigenvalue weighted by molar-refractivity contribution is 0.966. The molecular weight excluding hydrogens is 270 g/mol. The standard InChI is InChI=1S/C14H13N5S/c1-9-18-12(15-2)7-13(19-9)20-14-10-5-3-4-6-11(10)16-8-17-14/h3-8H,1-2H3,(H,15,18,19). The first-order chi connectivity index (χ1) is 9.76. The Hall–Kier alpha value is -2.21. The van der Waals surface area contributed by atoms with Crippen LogP contribution >= 0.6 is 11.8 Å². The van der Waals surface area contributed by atoms with Gasteiger partial charge in [0.2, 0.25) is 0 Å². The van der Waals surface area contributed by atoms with E-state index in [9.17, 15) is 0 Å². The zero-order valence-corrected chi connectivity index (χ0v) is 12.0. The van der Waals surface area contributed by atoms with Gasteiger partial charge in [-0.15, -0.1) is 0 Å². The van der Waals surface area contributed by atoms with Gasteiger partial charge < -0.3 is 5.32 Å². The van der Waals surface area contributed by atoms with Crippen molar-refractivity contribution in [2.75, 3.05) is 12.4 Å². The Labute approximate surface area is 120 Å². The van der Waals surface area contributed by atoms with Crippen molar-refractivity contribution in [3.63, 3.8) is 0 Å². The quantitative estimate of drug-likeness (QED) is 0.746. The van der Waals surface area contributed by atoms with Crippen LogP contribution in [-0.4, -0.2) is 27.0 Å². The zero-order valence-electron chi connectivity index (χ0n) is 11.2. The van der Waals surface area contributed by atoms with E-state index < -0.39 is 0 Å². The molecule has 0 aliphatic heterocycles. The van der Waals surface area contributed by atoms with E-state index in [-0.39, 0.29) is 0 Å². The molecule has 0 spiro atoms. The Morgan fingerprint density at radius 1 is 1.10 bits per heavy atom. The number of para-hydroxylation sites is 1. The van der Waals surface area contributed by atoms with E-state index >= 15 is 0 Å². The average Bonchev–Trinajstić information content (AvgIpc) is 2.47. The van der Waals surface area contributed by atoms with Crippen LogP contribution in [0.2, 0.25) is 0 Å². The normalized spacial score (nSPS) is 10.7. The van der Waals surface area contributed by atoms with Gasteiger partial charge in [0, 0.05) is 18.5 Å². The minimum absolute atomic E-state index is 0.734. The van der Waals surface area contributed by atoms with Gasteiger partial charge in [0.25, 0.3) is 0 Å². The highest BCUT2D eigenvalue weighted by Crippen LogP contribution is 2.30. The molecule has 3 rings (SSSR count). The summed E-state index contributed by atoms with van der Waals surface area (Å²) in [4.78, 5) is 17.3. The smallest absolute Gasteiger partial charge is 0.130 e. The predicted molar refractivity (Wildman–Crippen MR) is 80.0 cm³/mol. The Kier molecular flexibility index (Phi) is 3.47. The van der Waals surface area contributed by atoms with Gasteiger partial charge in [-0.05, 0) is 24.8 Å². The average molecular weight is 283 g/mol. The molecule has 0 amide bonds. The van der Waals surface area contributed by atoms with Gasteiger partial charge in [-0.1, -0.05) is 18.2 Å². The molecule has 0 saturated carbocycles. The van der Waals surface area contributed by atoms with Crippen LogP contribution < -0.4 is 5.32 Å². The van der Waals surface area contributed by atoms with Crippen LogP contribution in [0.25, 0.3) is 10.9 Å². The van der Waals surface area contributed by atoms with Crippen molar-refractivity contribution in [1.29, 1.82) is 0 Å². The van der Waals surface area contributed by atoms with E-state index in [1.807, 2.05) is 44.3 Å². The van der Waals surface area contributed by atoms with E-state index in [4.69, 9.17) is 0 Å². The van der Waals surface area contributed by atoms with E-state index in [1.54, 1.807) is 6.33 Å². The van der Waals surface area contributed by atoms with Crippen molar-refractivity contribution < 1.29 is 0 Å². The number of benzene rings is 1. The van der Waals surface area contributed by atoms with Gasteiger partial charge in [0.1, 0.15) is 28.0 Å². The molecule has 1 aromatic carbocycles. The number of nitrogens with one attached hydrogen (secondary N) is 1. The fourth-order valence-corrected chi connectivity index (χ4v) is 2.81. The second-order valence-electron chi connectivity index (χ2n) is 4.19. The highest BCUT2D eigenvalue weighted by atomic mass is 32.2. The van der Waals surface area contributed by atoms with Crippen LogP contribution in [0.4, 0.5) is 5.82 Å². The third-order valence-corrected chi connectivity index (χ3v) is 3.72. The number of aryl methyl sites for hydroxylation is 1. The molecule has 2 heterocycles. The van der Waals surface area contributed by atoms with Crippen LogP contribution in [0, 0.1) is 6.92 Å². The summed E-state index contributed by atoms with van der Waals surface area (Å²) in [5.41, 5.74) is 0.935. The predicted octanol–water partition coefficient (Wildman–Crippen LogP) is 2.92. The van der Waals surface area contributed by atoms with E-state index in [0.717, 1.165) is 32.6 Å². The Morgan fingerprint density at radius 2 is 1.95 bits per heavy atom. The van der Waals surface area contributed by atoms with Crippen molar-refractivity contribution in [2.45, 2.75) is 17.0 Å². The van der Waals surface area contributed by atoms with Crippen molar-refractivity contribution in [1.82, 2.24) is 19.9 Å². The number of aromatic nitrogens is 4. The third-order valence-electron chi connectivity index (χ3n) is 2.78. The van der Waals surface area contributed by atoms with Gasteiger partial charge in [-0.2, -0.15) is 0 Å². The van der Waals surface area contributed by atoms with Crippen LogP contribution in [0.15, 0.2) is 46.7 Å². The second-order valence-corrected chi connectivity index (χ2v) is 5.20. The second kappa shape index (κ2) is 5.42. The molecular formula is C14H13N5S. The van der Waals surface area contributed by atoms with E-state index in [1.165, 1.54) is 11.8 Å². The first kappa shape index (κ1) is 12.8. The fourth-order valence-electron chi connectivity index (χ4n) is 1.88. The topological polar surface area (TPSA) is 63.6 Å². The SMILES string of the molecule is CNc1cc(Sc2ncnc3ccccc23)nc(C)n1. The summed E-state index contributed by atoms with van der Waals surface area (Å²) >= 11 is 1.52. The molecule has 100 valence electrons. The monoisotopic (exact) mass is 283 g/mol. The summed E-state index contributed by atoms with van der Waals surface area (Å²) in [5, 5.41) is 5.83. The molecule has 20 heavy (non-hydrogen) atoms. The molecule has 0 aliphatic carbocycles. The molecule has 5 nitrogen and oxygen atoms in total. The number of hydrogen-bond acceptors (Lipinski definition) is 6. The first-order valence-corrected chi connectivity index (χ1v) is 6.99. The lowest BCUT2D eigenvalue weighted by Crippen LogP contribution is -1.97.